The first-order chi connectivity index (χ1) is 15.7. The van der Waals surface area contributed by atoms with Crippen molar-refractivity contribution >= 4 is 33.2 Å². The van der Waals surface area contributed by atoms with Crippen molar-refractivity contribution in [3.63, 3.8) is 0 Å². The molecule has 0 N–H and O–H groups in total. The molecule has 1 aliphatic heterocycles. The van der Waals surface area contributed by atoms with Crippen LogP contribution in [0.1, 0.15) is 26.4 Å². The second-order valence-corrected chi connectivity index (χ2v) is 9.08. The summed E-state index contributed by atoms with van der Waals surface area (Å²) in [7, 11) is 0. The number of benzene rings is 2. The number of hydrogen-bond acceptors (Lipinski definition) is 4. The van der Waals surface area contributed by atoms with Gasteiger partial charge in [-0.3, -0.25) is 14.5 Å². The van der Waals surface area contributed by atoms with Crippen molar-refractivity contribution in [1.82, 2.24) is 14.4 Å². The molecule has 0 bridgehead atoms. The summed E-state index contributed by atoms with van der Waals surface area (Å²) in [6.45, 7) is 4.14. The van der Waals surface area contributed by atoms with Crippen LogP contribution >= 0.6 is 11.3 Å². The zero-order valence-electron chi connectivity index (χ0n) is 17.8. The molecule has 0 unspecified atom stereocenters. The molecule has 1 fully saturated rings. The first-order valence-electron chi connectivity index (χ1n) is 10.9. The average Bonchev–Trinajstić information content (AvgIpc) is 3.43. The van der Waals surface area contributed by atoms with Gasteiger partial charge in [-0.15, -0.1) is 11.3 Å². The molecule has 162 valence electrons. The molecule has 0 atom stereocenters. The van der Waals surface area contributed by atoms with Crippen LogP contribution in [0.2, 0.25) is 0 Å². The molecule has 5 rings (SSSR count). The van der Waals surface area contributed by atoms with Gasteiger partial charge in [0.15, 0.2) is 5.78 Å². The number of thiophene rings is 1. The van der Waals surface area contributed by atoms with Gasteiger partial charge in [-0.05, 0) is 23.1 Å². The molecule has 1 amide bonds. The molecule has 3 heterocycles. The van der Waals surface area contributed by atoms with E-state index in [0.717, 1.165) is 29.9 Å². The quantitative estimate of drug-likeness (QED) is 0.411. The number of fused-ring (bicyclic) bond motifs is 1. The first kappa shape index (κ1) is 20.7. The molecule has 2 aromatic heterocycles. The number of piperazine rings is 1. The fraction of sp³-hybridized carbons (Fsp3) is 0.231. The number of nitrogens with zero attached hydrogens (tertiary/aromatic N) is 3. The van der Waals surface area contributed by atoms with E-state index < -0.39 is 0 Å². The Hall–Kier alpha value is -3.22. The number of Topliss-reactive ketones (excluding diaryl/α,β-unsaturated/α-hetero) is 1. The standard InChI is InChI=1S/C26H25N3O2S/c30-24(21-9-5-2-6-10-21)19-29-22-11-16-32-25(22)17-23(29)26(31)28-14-12-27(13-15-28)18-20-7-3-1-4-8-20/h1-11,16-17H,12-15,18-19H2. The highest BCUT2D eigenvalue weighted by molar-refractivity contribution is 7.17. The van der Waals surface area contributed by atoms with E-state index in [4.69, 9.17) is 0 Å². The van der Waals surface area contributed by atoms with Crippen LogP contribution in [0.3, 0.4) is 0 Å². The van der Waals surface area contributed by atoms with Gasteiger partial charge in [0.2, 0.25) is 0 Å². The third-order valence-electron chi connectivity index (χ3n) is 6.05. The van der Waals surface area contributed by atoms with E-state index in [2.05, 4.69) is 29.2 Å². The summed E-state index contributed by atoms with van der Waals surface area (Å²) in [5, 5.41) is 2.00. The maximum Gasteiger partial charge on any atom is 0.270 e. The third kappa shape index (κ3) is 4.24. The Morgan fingerprint density at radius 3 is 2.25 bits per heavy atom. The van der Waals surface area contributed by atoms with E-state index in [1.54, 1.807) is 11.3 Å². The lowest BCUT2D eigenvalue weighted by Crippen LogP contribution is -2.48. The topological polar surface area (TPSA) is 45.6 Å². The van der Waals surface area contributed by atoms with E-state index in [9.17, 15) is 9.59 Å². The van der Waals surface area contributed by atoms with E-state index in [1.807, 2.05) is 63.4 Å². The molecule has 1 saturated heterocycles. The van der Waals surface area contributed by atoms with Gasteiger partial charge < -0.3 is 9.47 Å². The van der Waals surface area contributed by atoms with E-state index >= 15 is 0 Å². The van der Waals surface area contributed by atoms with E-state index in [-0.39, 0.29) is 18.2 Å². The van der Waals surface area contributed by atoms with Gasteiger partial charge in [-0.25, -0.2) is 0 Å². The fourth-order valence-corrected chi connectivity index (χ4v) is 5.12. The number of carbonyl (C=O) groups is 2. The zero-order chi connectivity index (χ0) is 21.9. The zero-order valence-corrected chi connectivity index (χ0v) is 18.6. The molecular formula is C26H25N3O2S. The number of hydrogen-bond donors (Lipinski definition) is 0. The lowest BCUT2D eigenvalue weighted by molar-refractivity contribution is 0.0618. The first-order valence-corrected chi connectivity index (χ1v) is 11.8. The molecule has 2 aromatic carbocycles. The Bertz CT molecular complexity index is 1220. The van der Waals surface area contributed by atoms with Crippen molar-refractivity contribution in [3.8, 4) is 0 Å². The minimum Gasteiger partial charge on any atom is -0.335 e. The van der Waals surface area contributed by atoms with Crippen LogP contribution in [-0.4, -0.2) is 52.2 Å². The molecule has 32 heavy (non-hydrogen) atoms. The molecule has 5 nitrogen and oxygen atoms in total. The van der Waals surface area contributed by atoms with Crippen molar-refractivity contribution in [3.05, 3.63) is 95.0 Å². The van der Waals surface area contributed by atoms with Gasteiger partial charge in [0.25, 0.3) is 5.91 Å². The predicted octanol–water partition coefficient (Wildman–Crippen LogP) is 4.54. The Morgan fingerprint density at radius 1 is 0.844 bits per heavy atom. The predicted molar refractivity (Wildman–Crippen MR) is 128 cm³/mol. The van der Waals surface area contributed by atoms with Crippen LogP contribution in [0.5, 0.6) is 0 Å². The van der Waals surface area contributed by atoms with Crippen LogP contribution in [0, 0.1) is 0 Å². The Labute approximate surface area is 191 Å². The van der Waals surface area contributed by atoms with Crippen molar-refractivity contribution in [2.24, 2.45) is 0 Å². The van der Waals surface area contributed by atoms with Crippen LogP contribution in [-0.2, 0) is 13.1 Å². The number of aromatic nitrogens is 1. The Kier molecular flexibility index (Phi) is 5.88. The van der Waals surface area contributed by atoms with Crippen LogP contribution in [0.15, 0.2) is 78.2 Å². The minimum absolute atomic E-state index is 0.00798. The SMILES string of the molecule is O=C(Cn1c(C(=O)N2CCN(Cc3ccccc3)CC2)cc2sccc21)c1ccccc1. The summed E-state index contributed by atoms with van der Waals surface area (Å²) in [5.41, 5.74) is 3.51. The summed E-state index contributed by atoms with van der Waals surface area (Å²) in [5.74, 6) is 0.0182. The lowest BCUT2D eigenvalue weighted by Gasteiger charge is -2.35. The molecular weight excluding hydrogens is 418 g/mol. The number of carbonyl (C=O) groups excluding carboxylic acids is 2. The Morgan fingerprint density at radius 2 is 1.53 bits per heavy atom. The normalized spacial score (nSPS) is 14.7. The molecule has 0 radical (unpaired) electrons. The largest absolute Gasteiger partial charge is 0.335 e. The number of rotatable bonds is 6. The highest BCUT2D eigenvalue weighted by Gasteiger charge is 2.26. The van der Waals surface area contributed by atoms with Gasteiger partial charge in [-0.1, -0.05) is 60.7 Å². The maximum absolute atomic E-state index is 13.5. The summed E-state index contributed by atoms with van der Waals surface area (Å²) < 4.78 is 2.93. The average molecular weight is 444 g/mol. The smallest absolute Gasteiger partial charge is 0.270 e. The second-order valence-electron chi connectivity index (χ2n) is 8.13. The highest BCUT2D eigenvalue weighted by Crippen LogP contribution is 2.27. The van der Waals surface area contributed by atoms with Crippen LogP contribution in [0.25, 0.3) is 10.2 Å². The summed E-state index contributed by atoms with van der Waals surface area (Å²) >= 11 is 1.60. The molecule has 6 heteroatoms. The monoisotopic (exact) mass is 443 g/mol. The molecule has 0 spiro atoms. The minimum atomic E-state index is 0.00798. The van der Waals surface area contributed by atoms with Gasteiger partial charge >= 0.3 is 0 Å². The number of amides is 1. The molecule has 0 aliphatic carbocycles. The van der Waals surface area contributed by atoms with Gasteiger partial charge in [0.1, 0.15) is 5.69 Å². The van der Waals surface area contributed by atoms with Gasteiger partial charge in [0, 0.05) is 38.3 Å². The van der Waals surface area contributed by atoms with E-state index in [1.165, 1.54) is 5.56 Å². The van der Waals surface area contributed by atoms with Gasteiger partial charge in [-0.2, -0.15) is 0 Å². The second kappa shape index (κ2) is 9.10. The van der Waals surface area contributed by atoms with Crippen LogP contribution < -0.4 is 0 Å². The van der Waals surface area contributed by atoms with Crippen molar-refractivity contribution < 1.29 is 9.59 Å². The molecule has 4 aromatic rings. The highest BCUT2D eigenvalue weighted by atomic mass is 32.1. The van der Waals surface area contributed by atoms with Crippen LogP contribution in [0.4, 0.5) is 0 Å². The summed E-state index contributed by atoms with van der Waals surface area (Å²) in [6, 6.07) is 23.6. The third-order valence-corrected chi connectivity index (χ3v) is 6.90. The fourth-order valence-electron chi connectivity index (χ4n) is 4.30. The summed E-state index contributed by atoms with van der Waals surface area (Å²) in [6.07, 6.45) is 0. The van der Waals surface area contributed by atoms with Crippen molar-refractivity contribution in [1.29, 1.82) is 0 Å². The number of ketones is 1. The molecule has 0 saturated carbocycles. The molecule has 1 aliphatic rings. The van der Waals surface area contributed by atoms with Crippen molar-refractivity contribution in [2.45, 2.75) is 13.1 Å². The van der Waals surface area contributed by atoms with E-state index in [0.29, 0.717) is 24.3 Å². The lowest BCUT2D eigenvalue weighted by atomic mass is 10.1. The maximum atomic E-state index is 13.5. The summed E-state index contributed by atoms with van der Waals surface area (Å²) in [4.78, 5) is 30.7. The Balaban J connectivity index is 1.31. The van der Waals surface area contributed by atoms with Gasteiger partial charge in [0.05, 0.1) is 16.8 Å². The van der Waals surface area contributed by atoms with Crippen molar-refractivity contribution in [2.75, 3.05) is 26.2 Å².